The summed E-state index contributed by atoms with van der Waals surface area (Å²) in [5.74, 6) is 0.259. The highest BCUT2D eigenvalue weighted by molar-refractivity contribution is 5.81. The third-order valence-electron chi connectivity index (χ3n) is 2.30. The zero-order chi connectivity index (χ0) is 8.97. The third-order valence-corrected chi connectivity index (χ3v) is 2.30. The number of nitrogens with zero attached hydrogens (tertiary/aromatic N) is 1. The fourth-order valence-electron chi connectivity index (χ4n) is 1.60. The van der Waals surface area contributed by atoms with Gasteiger partial charge in [0.15, 0.2) is 0 Å². The third kappa shape index (κ3) is 2.21. The molecule has 1 rings (SSSR count). The maximum absolute atomic E-state index is 11.6. The molecule has 1 heterocycles. The number of likely N-dealkylation sites (tertiary alicyclic amines) is 1. The lowest BCUT2D eigenvalue weighted by atomic mass is 10.3. The first kappa shape index (κ1) is 9.52. The first-order valence-corrected chi connectivity index (χ1v) is 4.78. The topological polar surface area (TPSA) is 32.3 Å². The first-order valence-electron chi connectivity index (χ1n) is 4.78. The van der Waals surface area contributed by atoms with Gasteiger partial charge in [0.2, 0.25) is 5.91 Å². The molecular weight excluding hydrogens is 152 g/mol. The quantitative estimate of drug-likeness (QED) is 0.673. The Bertz CT molecular complexity index is 153. The zero-order valence-corrected chi connectivity index (χ0v) is 7.97. The summed E-state index contributed by atoms with van der Waals surface area (Å²) in [5, 5.41) is 3.13. The molecule has 3 nitrogen and oxygen atoms in total. The van der Waals surface area contributed by atoms with Crippen LogP contribution >= 0.6 is 0 Å². The molecule has 1 fully saturated rings. The fourth-order valence-corrected chi connectivity index (χ4v) is 1.60. The van der Waals surface area contributed by atoms with Gasteiger partial charge in [-0.05, 0) is 26.3 Å². The fraction of sp³-hybridized carbons (Fsp3) is 0.889. The van der Waals surface area contributed by atoms with Crippen LogP contribution < -0.4 is 5.32 Å². The van der Waals surface area contributed by atoms with Crippen molar-refractivity contribution in [1.29, 1.82) is 0 Å². The molecule has 0 aliphatic carbocycles. The minimum absolute atomic E-state index is 0.00639. The van der Waals surface area contributed by atoms with E-state index in [0.29, 0.717) is 0 Å². The summed E-state index contributed by atoms with van der Waals surface area (Å²) in [7, 11) is 0. The van der Waals surface area contributed by atoms with Crippen molar-refractivity contribution in [3.8, 4) is 0 Å². The maximum Gasteiger partial charge on any atom is 0.239 e. The number of amides is 1. The maximum atomic E-state index is 11.6. The van der Waals surface area contributed by atoms with E-state index in [0.717, 1.165) is 19.6 Å². The molecule has 0 aromatic carbocycles. The molecule has 0 aromatic heterocycles. The second-order valence-corrected chi connectivity index (χ2v) is 3.31. The standard InChI is InChI=1S/C9H18N2O/c1-3-10-8(2)9(12)11-6-4-5-7-11/h8,10H,3-7H2,1-2H3/t8-/m0/s1. The molecule has 1 aliphatic heterocycles. The Hall–Kier alpha value is -0.570. The lowest BCUT2D eigenvalue weighted by molar-refractivity contribution is -0.131. The number of hydrogen-bond donors (Lipinski definition) is 1. The largest absolute Gasteiger partial charge is 0.341 e. The summed E-state index contributed by atoms with van der Waals surface area (Å²) in [6, 6.07) is -0.00639. The number of carbonyl (C=O) groups is 1. The number of carbonyl (C=O) groups excluding carboxylic acids is 1. The van der Waals surface area contributed by atoms with Crippen LogP contribution in [0.15, 0.2) is 0 Å². The Morgan fingerprint density at radius 1 is 1.50 bits per heavy atom. The number of likely N-dealkylation sites (N-methyl/N-ethyl adjacent to an activating group) is 1. The molecule has 3 heteroatoms. The van der Waals surface area contributed by atoms with Crippen molar-refractivity contribution < 1.29 is 4.79 Å². The van der Waals surface area contributed by atoms with E-state index in [9.17, 15) is 4.79 Å². The summed E-state index contributed by atoms with van der Waals surface area (Å²) in [5.41, 5.74) is 0. The van der Waals surface area contributed by atoms with Crippen molar-refractivity contribution in [2.24, 2.45) is 0 Å². The summed E-state index contributed by atoms with van der Waals surface area (Å²) < 4.78 is 0. The second-order valence-electron chi connectivity index (χ2n) is 3.31. The molecule has 1 amide bonds. The molecule has 0 radical (unpaired) electrons. The predicted molar refractivity (Wildman–Crippen MR) is 49.0 cm³/mol. The molecule has 12 heavy (non-hydrogen) atoms. The highest BCUT2D eigenvalue weighted by Crippen LogP contribution is 2.08. The Morgan fingerprint density at radius 3 is 2.58 bits per heavy atom. The van der Waals surface area contributed by atoms with E-state index in [-0.39, 0.29) is 11.9 Å². The van der Waals surface area contributed by atoms with E-state index >= 15 is 0 Å². The average molecular weight is 170 g/mol. The van der Waals surface area contributed by atoms with Gasteiger partial charge < -0.3 is 10.2 Å². The lowest BCUT2D eigenvalue weighted by Crippen LogP contribution is -2.43. The Morgan fingerprint density at radius 2 is 2.08 bits per heavy atom. The Balaban J connectivity index is 2.34. The average Bonchev–Trinajstić information content (AvgIpc) is 2.55. The van der Waals surface area contributed by atoms with Crippen molar-refractivity contribution >= 4 is 5.91 Å². The molecule has 1 saturated heterocycles. The van der Waals surface area contributed by atoms with Crippen LogP contribution in [0.4, 0.5) is 0 Å². The van der Waals surface area contributed by atoms with Crippen LogP contribution in [0.2, 0.25) is 0 Å². The molecule has 0 aromatic rings. The second kappa shape index (κ2) is 4.45. The van der Waals surface area contributed by atoms with Crippen molar-refractivity contribution in [2.45, 2.75) is 32.7 Å². The molecule has 1 atom stereocenters. The van der Waals surface area contributed by atoms with Gasteiger partial charge in [0.1, 0.15) is 0 Å². The van der Waals surface area contributed by atoms with Crippen LogP contribution in [0.3, 0.4) is 0 Å². The molecule has 0 bridgehead atoms. The molecule has 1 aliphatic rings. The molecule has 1 N–H and O–H groups in total. The van der Waals surface area contributed by atoms with Crippen LogP contribution in [0, 0.1) is 0 Å². The summed E-state index contributed by atoms with van der Waals surface area (Å²) in [6.45, 7) is 6.72. The van der Waals surface area contributed by atoms with Gasteiger partial charge in [-0.15, -0.1) is 0 Å². The minimum Gasteiger partial charge on any atom is -0.341 e. The van der Waals surface area contributed by atoms with E-state index < -0.39 is 0 Å². The van der Waals surface area contributed by atoms with Crippen LogP contribution in [-0.4, -0.2) is 36.5 Å². The van der Waals surface area contributed by atoms with Crippen molar-refractivity contribution in [2.75, 3.05) is 19.6 Å². The highest BCUT2D eigenvalue weighted by atomic mass is 16.2. The van der Waals surface area contributed by atoms with E-state index in [1.165, 1.54) is 12.8 Å². The summed E-state index contributed by atoms with van der Waals surface area (Å²) in [4.78, 5) is 13.6. The van der Waals surface area contributed by atoms with Gasteiger partial charge in [0, 0.05) is 13.1 Å². The van der Waals surface area contributed by atoms with Crippen LogP contribution in [0.5, 0.6) is 0 Å². The summed E-state index contributed by atoms with van der Waals surface area (Å²) in [6.07, 6.45) is 2.34. The number of nitrogens with one attached hydrogen (secondary N) is 1. The summed E-state index contributed by atoms with van der Waals surface area (Å²) >= 11 is 0. The van der Waals surface area contributed by atoms with Crippen LogP contribution in [0.25, 0.3) is 0 Å². The van der Waals surface area contributed by atoms with Crippen molar-refractivity contribution in [3.05, 3.63) is 0 Å². The van der Waals surface area contributed by atoms with Crippen molar-refractivity contribution in [3.63, 3.8) is 0 Å². The predicted octanol–water partition coefficient (Wildman–Crippen LogP) is 0.607. The van der Waals surface area contributed by atoms with Gasteiger partial charge >= 0.3 is 0 Å². The normalized spacial score (nSPS) is 19.7. The lowest BCUT2D eigenvalue weighted by Gasteiger charge is -2.20. The molecule has 0 saturated carbocycles. The van der Waals surface area contributed by atoms with Crippen LogP contribution in [-0.2, 0) is 4.79 Å². The molecular formula is C9H18N2O. The van der Waals surface area contributed by atoms with E-state index in [1.54, 1.807) is 0 Å². The molecule has 70 valence electrons. The van der Waals surface area contributed by atoms with E-state index in [1.807, 2.05) is 18.7 Å². The van der Waals surface area contributed by atoms with Gasteiger partial charge in [0.25, 0.3) is 0 Å². The van der Waals surface area contributed by atoms with E-state index in [2.05, 4.69) is 5.32 Å². The number of rotatable bonds is 3. The van der Waals surface area contributed by atoms with Gasteiger partial charge in [-0.2, -0.15) is 0 Å². The minimum atomic E-state index is -0.00639. The first-order chi connectivity index (χ1) is 5.75. The Labute approximate surface area is 74.1 Å². The Kier molecular flexibility index (Phi) is 3.53. The molecule has 0 unspecified atom stereocenters. The zero-order valence-electron chi connectivity index (χ0n) is 7.97. The van der Waals surface area contributed by atoms with E-state index in [4.69, 9.17) is 0 Å². The van der Waals surface area contributed by atoms with Gasteiger partial charge in [-0.25, -0.2) is 0 Å². The SMILES string of the molecule is CCN[C@@H](C)C(=O)N1CCCC1. The molecule has 0 spiro atoms. The van der Waals surface area contributed by atoms with Gasteiger partial charge in [0.05, 0.1) is 6.04 Å². The van der Waals surface area contributed by atoms with Gasteiger partial charge in [-0.3, -0.25) is 4.79 Å². The van der Waals surface area contributed by atoms with Crippen LogP contribution in [0.1, 0.15) is 26.7 Å². The smallest absolute Gasteiger partial charge is 0.239 e. The number of hydrogen-bond acceptors (Lipinski definition) is 2. The van der Waals surface area contributed by atoms with Gasteiger partial charge in [-0.1, -0.05) is 6.92 Å². The monoisotopic (exact) mass is 170 g/mol. The highest BCUT2D eigenvalue weighted by Gasteiger charge is 2.21. The van der Waals surface area contributed by atoms with Crippen molar-refractivity contribution in [1.82, 2.24) is 10.2 Å².